The number of aromatic nitrogens is 4. The van der Waals surface area contributed by atoms with Crippen molar-refractivity contribution in [3.05, 3.63) is 120 Å². The van der Waals surface area contributed by atoms with Gasteiger partial charge in [0.2, 0.25) is 0 Å². The Morgan fingerprint density at radius 2 is 1.39 bits per heavy atom. The van der Waals surface area contributed by atoms with E-state index in [1.54, 1.807) is 6.07 Å². The minimum atomic E-state index is -2.66. The number of para-hydroxylation sites is 3. The number of fused-ring (bicyclic) bond motifs is 6. The van der Waals surface area contributed by atoms with Gasteiger partial charge in [0, 0.05) is 24.7 Å². The zero-order valence-electron chi connectivity index (χ0n) is 32.1. The molecule has 0 atom stereocenters. The topological polar surface area (TPSA) is 56.7 Å². The Morgan fingerprint density at radius 3 is 2.13 bits per heavy atom. The normalized spacial score (nSPS) is 14.6. The van der Waals surface area contributed by atoms with Crippen LogP contribution >= 0.6 is 0 Å². The number of hydrogen-bond donors (Lipinski definition) is 0. The molecule has 4 aromatic heterocycles. The van der Waals surface area contributed by atoms with Crippen LogP contribution in [-0.4, -0.2) is 19.5 Å². The van der Waals surface area contributed by atoms with E-state index in [0.717, 1.165) is 27.8 Å². The van der Waals surface area contributed by atoms with Crippen LogP contribution in [0.15, 0.2) is 101 Å². The second-order valence-corrected chi connectivity index (χ2v) is 12.5. The molecule has 0 aliphatic heterocycles. The summed E-state index contributed by atoms with van der Waals surface area (Å²) < 4.78 is 57.5. The number of aryl methyl sites for hydroxylation is 2. The quantitative estimate of drug-likeness (QED) is 0.196. The first-order chi connectivity index (χ1) is 24.7. The summed E-state index contributed by atoms with van der Waals surface area (Å²) in [5.41, 5.74) is 8.87. The van der Waals surface area contributed by atoms with Gasteiger partial charge < -0.3 is 4.42 Å². The molecule has 0 N–H and O–H groups in total. The fourth-order valence-corrected chi connectivity index (χ4v) is 6.61. The summed E-state index contributed by atoms with van der Waals surface area (Å²) in [6.45, 7) is 3.65. The maximum Gasteiger partial charge on any atom is 0.163 e. The molecular formula is C41H36N4O. The minimum Gasteiger partial charge on any atom is -0.453 e. The summed E-state index contributed by atoms with van der Waals surface area (Å²) in [4.78, 5) is 14.2. The van der Waals surface area contributed by atoms with Crippen LogP contribution in [0.5, 0.6) is 0 Å². The van der Waals surface area contributed by atoms with E-state index in [2.05, 4.69) is 84.7 Å². The molecular weight excluding hydrogens is 564 g/mol. The fourth-order valence-electron chi connectivity index (χ4n) is 6.61. The van der Waals surface area contributed by atoms with E-state index in [9.17, 15) is 0 Å². The van der Waals surface area contributed by atoms with E-state index in [4.69, 9.17) is 17.6 Å². The summed E-state index contributed by atoms with van der Waals surface area (Å²) in [6.07, 6.45) is 0. The third kappa shape index (κ3) is 4.33. The van der Waals surface area contributed by atoms with Crippen molar-refractivity contribution in [1.29, 1.82) is 0 Å². The Balaban J connectivity index is 1.46. The molecule has 0 aliphatic carbocycles. The van der Waals surface area contributed by atoms with Crippen LogP contribution in [0.25, 0.3) is 72.2 Å². The number of imidazole rings is 1. The summed E-state index contributed by atoms with van der Waals surface area (Å²) in [5, 5.41) is 0.992. The highest BCUT2D eigenvalue weighted by Crippen LogP contribution is 2.43. The lowest BCUT2D eigenvalue weighted by atomic mass is 9.88. The third-order valence-electron chi connectivity index (χ3n) is 8.82. The molecule has 5 heteroatoms. The van der Waals surface area contributed by atoms with Crippen LogP contribution in [0.2, 0.25) is 0 Å². The standard InChI is InChI=1S/C41H36N4O/c1-23(2)32-21-28(27-13-8-7-9-14-27)22-33(24(3)4)38(32)45-35-18-11-10-17-34(35)44-41(45)31-16-12-15-29-37-40(46-39(29)31)30-20-19-25(5)42-36(30)26(6)43-37/h7-24H,1-6H3/i5D3,6D3. The van der Waals surface area contributed by atoms with Crippen LogP contribution in [0, 0.1) is 13.7 Å². The van der Waals surface area contributed by atoms with E-state index in [1.165, 1.54) is 17.2 Å². The molecule has 226 valence electrons. The van der Waals surface area contributed by atoms with E-state index in [1.807, 2.05) is 42.5 Å². The molecule has 0 amide bonds. The SMILES string of the molecule is [2H]C([2H])([2H])c1ccc2c(n1)c(C([2H])([2H])[2H])nc1c3cccc(-c4nc5ccccc5n4-c4c(C(C)C)cc(-c5ccccc5)cc4C(C)C)c3oc21. The summed E-state index contributed by atoms with van der Waals surface area (Å²) in [5.74, 6) is 1.02. The monoisotopic (exact) mass is 606 g/mol. The van der Waals surface area contributed by atoms with Gasteiger partial charge >= 0.3 is 0 Å². The van der Waals surface area contributed by atoms with Crippen molar-refractivity contribution in [3.8, 4) is 28.2 Å². The van der Waals surface area contributed by atoms with Gasteiger partial charge in [-0.05, 0) is 96.3 Å². The van der Waals surface area contributed by atoms with Crippen molar-refractivity contribution < 1.29 is 12.6 Å². The molecule has 0 radical (unpaired) electrons. The number of pyridine rings is 2. The van der Waals surface area contributed by atoms with E-state index < -0.39 is 13.7 Å². The molecule has 0 unspecified atom stereocenters. The molecule has 4 heterocycles. The summed E-state index contributed by atoms with van der Waals surface area (Å²) in [6, 6.07) is 31.8. The summed E-state index contributed by atoms with van der Waals surface area (Å²) in [7, 11) is 0. The number of nitrogens with zero attached hydrogens (tertiary/aromatic N) is 4. The fraction of sp³-hybridized carbons (Fsp3) is 0.195. The Hall–Kier alpha value is -5.29. The zero-order chi connectivity index (χ0) is 36.7. The smallest absolute Gasteiger partial charge is 0.163 e. The van der Waals surface area contributed by atoms with Crippen LogP contribution in [0.3, 0.4) is 0 Å². The highest BCUT2D eigenvalue weighted by Gasteiger charge is 2.26. The van der Waals surface area contributed by atoms with Gasteiger partial charge in [-0.1, -0.05) is 76.2 Å². The Bertz CT molecular complexity index is 2640. The lowest BCUT2D eigenvalue weighted by Crippen LogP contribution is -2.09. The van der Waals surface area contributed by atoms with Crippen molar-refractivity contribution in [2.45, 2.75) is 53.2 Å². The third-order valence-corrected chi connectivity index (χ3v) is 8.82. The van der Waals surface area contributed by atoms with Crippen molar-refractivity contribution in [2.75, 3.05) is 0 Å². The van der Waals surface area contributed by atoms with Crippen LogP contribution in [-0.2, 0) is 0 Å². The average Bonchev–Trinajstić information content (AvgIpc) is 3.69. The van der Waals surface area contributed by atoms with Crippen molar-refractivity contribution in [3.63, 3.8) is 0 Å². The first kappa shape index (κ1) is 22.3. The van der Waals surface area contributed by atoms with Gasteiger partial charge in [-0.25, -0.2) is 9.97 Å². The van der Waals surface area contributed by atoms with Gasteiger partial charge in [0.25, 0.3) is 0 Å². The largest absolute Gasteiger partial charge is 0.453 e. The molecule has 4 aromatic carbocycles. The lowest BCUT2D eigenvalue weighted by Gasteiger charge is -2.24. The number of hydrogen-bond acceptors (Lipinski definition) is 4. The van der Waals surface area contributed by atoms with E-state index in [0.29, 0.717) is 38.8 Å². The highest BCUT2D eigenvalue weighted by atomic mass is 16.3. The Kier molecular flexibility index (Phi) is 5.16. The number of furan rings is 1. The van der Waals surface area contributed by atoms with Crippen LogP contribution in [0.4, 0.5) is 0 Å². The molecule has 0 spiro atoms. The van der Waals surface area contributed by atoms with E-state index in [-0.39, 0.29) is 28.7 Å². The van der Waals surface area contributed by atoms with Crippen molar-refractivity contribution in [2.24, 2.45) is 0 Å². The molecule has 0 saturated carbocycles. The average molecular weight is 607 g/mol. The van der Waals surface area contributed by atoms with Crippen molar-refractivity contribution in [1.82, 2.24) is 19.5 Å². The molecule has 0 fully saturated rings. The maximum absolute atomic E-state index is 8.31. The Morgan fingerprint density at radius 1 is 0.652 bits per heavy atom. The summed E-state index contributed by atoms with van der Waals surface area (Å²) >= 11 is 0. The van der Waals surface area contributed by atoms with Gasteiger partial charge in [0.15, 0.2) is 5.58 Å². The van der Waals surface area contributed by atoms with Gasteiger partial charge in [-0.2, -0.15) is 0 Å². The lowest BCUT2D eigenvalue weighted by molar-refractivity contribution is 0.672. The molecule has 46 heavy (non-hydrogen) atoms. The highest BCUT2D eigenvalue weighted by molar-refractivity contribution is 6.15. The molecule has 8 aromatic rings. The molecule has 8 rings (SSSR count). The minimum absolute atomic E-state index is 0.0179. The van der Waals surface area contributed by atoms with Gasteiger partial charge in [0.05, 0.1) is 33.5 Å². The second-order valence-electron chi connectivity index (χ2n) is 12.5. The predicted molar refractivity (Wildman–Crippen MR) is 190 cm³/mol. The van der Waals surface area contributed by atoms with Crippen LogP contribution < -0.4 is 0 Å². The predicted octanol–water partition coefficient (Wildman–Crippen LogP) is 11.1. The molecule has 0 aliphatic rings. The van der Waals surface area contributed by atoms with Crippen LogP contribution in [0.1, 0.15) is 70.3 Å². The van der Waals surface area contributed by atoms with E-state index >= 15 is 0 Å². The van der Waals surface area contributed by atoms with Gasteiger partial charge in [-0.15, -0.1) is 0 Å². The maximum atomic E-state index is 8.31. The number of benzene rings is 4. The number of rotatable bonds is 5. The van der Waals surface area contributed by atoms with Crippen molar-refractivity contribution >= 4 is 44.0 Å². The van der Waals surface area contributed by atoms with Gasteiger partial charge in [0.1, 0.15) is 16.9 Å². The van der Waals surface area contributed by atoms with Gasteiger partial charge in [-0.3, -0.25) is 9.55 Å². The first-order valence-electron chi connectivity index (χ1n) is 18.6. The second kappa shape index (κ2) is 10.7. The molecule has 0 saturated heterocycles. The molecule has 5 nitrogen and oxygen atoms in total. The first-order valence-corrected chi connectivity index (χ1v) is 15.6. The Labute approximate surface area is 277 Å². The molecule has 0 bridgehead atoms. The zero-order valence-corrected chi connectivity index (χ0v) is 26.1.